The molecule has 0 aromatic rings. The van der Waals surface area contributed by atoms with Gasteiger partial charge in [0.2, 0.25) is 0 Å². The van der Waals surface area contributed by atoms with Gasteiger partial charge in [-0.1, -0.05) is 71.1 Å². The predicted molar refractivity (Wildman–Crippen MR) is 97.0 cm³/mol. The van der Waals surface area contributed by atoms with Crippen LogP contribution in [0.15, 0.2) is 0 Å². The van der Waals surface area contributed by atoms with E-state index in [2.05, 4.69) is 6.92 Å². The summed E-state index contributed by atoms with van der Waals surface area (Å²) in [5, 5.41) is 0. The number of hydrogen-bond acceptors (Lipinski definition) is 4. The molecule has 0 aliphatic carbocycles. The van der Waals surface area contributed by atoms with Crippen LogP contribution in [0.5, 0.6) is 0 Å². The third kappa shape index (κ3) is 9.63. The van der Waals surface area contributed by atoms with Crippen molar-refractivity contribution in [3.63, 3.8) is 0 Å². The van der Waals surface area contributed by atoms with Crippen LogP contribution in [0.4, 0.5) is 0 Å². The molecule has 24 heavy (non-hydrogen) atoms. The highest BCUT2D eigenvalue weighted by Crippen LogP contribution is 2.30. The van der Waals surface area contributed by atoms with Crippen LogP contribution in [0.25, 0.3) is 0 Å². The van der Waals surface area contributed by atoms with Gasteiger partial charge < -0.3 is 14.2 Å². The van der Waals surface area contributed by atoms with Gasteiger partial charge in [0.25, 0.3) is 0 Å². The van der Waals surface area contributed by atoms with Gasteiger partial charge in [-0.15, -0.1) is 0 Å². The zero-order valence-electron chi connectivity index (χ0n) is 15.9. The number of rotatable bonds is 15. The Kier molecular flexibility index (Phi) is 12.2. The van der Waals surface area contributed by atoms with Crippen molar-refractivity contribution in [1.29, 1.82) is 0 Å². The zero-order chi connectivity index (χ0) is 17.5. The van der Waals surface area contributed by atoms with E-state index in [1.165, 1.54) is 64.2 Å². The summed E-state index contributed by atoms with van der Waals surface area (Å²) < 4.78 is 16.5. The Balaban J connectivity index is 2.02. The van der Waals surface area contributed by atoms with Gasteiger partial charge in [0.1, 0.15) is 0 Å². The summed E-state index contributed by atoms with van der Waals surface area (Å²) in [6.45, 7) is 5.66. The lowest BCUT2D eigenvalue weighted by atomic mass is 10.0. The van der Waals surface area contributed by atoms with E-state index in [1.807, 2.05) is 6.92 Å². The van der Waals surface area contributed by atoms with Crippen LogP contribution in [0.3, 0.4) is 0 Å². The number of hydrogen-bond donors (Lipinski definition) is 0. The van der Waals surface area contributed by atoms with Crippen LogP contribution in [-0.2, 0) is 19.0 Å². The van der Waals surface area contributed by atoms with Gasteiger partial charge in [-0.05, 0) is 13.3 Å². The molecule has 0 N–H and O–H groups in total. The molecule has 1 aliphatic heterocycles. The van der Waals surface area contributed by atoms with E-state index in [0.29, 0.717) is 19.8 Å². The van der Waals surface area contributed by atoms with Crippen LogP contribution in [0.2, 0.25) is 0 Å². The maximum atomic E-state index is 11.7. The molecule has 1 aliphatic rings. The van der Waals surface area contributed by atoms with Gasteiger partial charge >= 0.3 is 5.97 Å². The normalized spacial score (nSPS) is 16.4. The third-order valence-corrected chi connectivity index (χ3v) is 4.69. The van der Waals surface area contributed by atoms with Crippen LogP contribution in [-0.4, -0.2) is 31.6 Å². The lowest BCUT2D eigenvalue weighted by Crippen LogP contribution is -2.33. The van der Waals surface area contributed by atoms with Gasteiger partial charge in [-0.2, -0.15) is 0 Å². The van der Waals surface area contributed by atoms with E-state index in [0.717, 1.165) is 12.8 Å². The minimum atomic E-state index is -0.717. The zero-order valence-corrected chi connectivity index (χ0v) is 15.9. The Morgan fingerprint density at radius 1 is 0.833 bits per heavy atom. The molecular weight excluding hydrogens is 304 g/mol. The standard InChI is InChI=1S/C20H38O4/c1-3-5-6-7-8-9-10-11-12-13-14-15-20(23-16-17-24-20)18-19(21)22-4-2/h3-18H2,1-2H3. The number of ether oxygens (including phenoxy) is 3. The molecule has 0 spiro atoms. The van der Waals surface area contributed by atoms with E-state index in [4.69, 9.17) is 14.2 Å². The van der Waals surface area contributed by atoms with Gasteiger partial charge in [-0.25, -0.2) is 0 Å². The Morgan fingerprint density at radius 2 is 1.33 bits per heavy atom. The predicted octanol–water partition coefficient (Wildman–Crippen LogP) is 5.38. The van der Waals surface area contributed by atoms with Gasteiger partial charge in [0.05, 0.1) is 26.2 Å². The molecule has 1 fully saturated rings. The smallest absolute Gasteiger partial charge is 0.311 e. The molecule has 0 radical (unpaired) electrons. The van der Waals surface area contributed by atoms with E-state index < -0.39 is 5.79 Å². The fourth-order valence-corrected chi connectivity index (χ4v) is 3.32. The summed E-state index contributed by atoms with van der Waals surface area (Å²) in [5.74, 6) is -0.937. The van der Waals surface area contributed by atoms with Crippen molar-refractivity contribution in [2.45, 2.75) is 103 Å². The molecular formula is C20H38O4. The van der Waals surface area contributed by atoms with Crippen LogP contribution in [0.1, 0.15) is 97.3 Å². The molecule has 0 bridgehead atoms. The fraction of sp³-hybridized carbons (Fsp3) is 0.950. The molecule has 142 valence electrons. The number of unbranched alkanes of at least 4 members (excludes halogenated alkanes) is 10. The molecule has 1 heterocycles. The van der Waals surface area contributed by atoms with Gasteiger partial charge in [0, 0.05) is 6.42 Å². The number of esters is 1. The maximum Gasteiger partial charge on any atom is 0.311 e. The average molecular weight is 343 g/mol. The number of carbonyl (C=O) groups excluding carboxylic acids is 1. The molecule has 0 unspecified atom stereocenters. The molecule has 4 nitrogen and oxygen atoms in total. The lowest BCUT2D eigenvalue weighted by Gasteiger charge is -2.26. The summed E-state index contributed by atoms with van der Waals surface area (Å²) in [7, 11) is 0. The summed E-state index contributed by atoms with van der Waals surface area (Å²) in [5.41, 5.74) is 0. The molecule has 0 atom stereocenters. The van der Waals surface area contributed by atoms with Gasteiger partial charge in [0.15, 0.2) is 5.79 Å². The van der Waals surface area contributed by atoms with Crippen LogP contribution < -0.4 is 0 Å². The van der Waals surface area contributed by atoms with Crippen molar-refractivity contribution in [1.82, 2.24) is 0 Å². The quantitative estimate of drug-likeness (QED) is 0.296. The Morgan fingerprint density at radius 3 is 1.83 bits per heavy atom. The molecule has 1 saturated heterocycles. The molecule has 4 heteroatoms. The first-order valence-corrected chi connectivity index (χ1v) is 10.2. The highest BCUT2D eigenvalue weighted by molar-refractivity contribution is 5.70. The van der Waals surface area contributed by atoms with E-state index >= 15 is 0 Å². The monoisotopic (exact) mass is 342 g/mol. The molecule has 0 amide bonds. The third-order valence-electron chi connectivity index (χ3n) is 4.69. The second kappa shape index (κ2) is 13.7. The van der Waals surface area contributed by atoms with Crippen molar-refractivity contribution in [3.8, 4) is 0 Å². The Hall–Kier alpha value is -0.610. The van der Waals surface area contributed by atoms with Crippen molar-refractivity contribution in [3.05, 3.63) is 0 Å². The average Bonchev–Trinajstić information content (AvgIpc) is 3.01. The first-order chi connectivity index (χ1) is 11.7. The molecule has 1 rings (SSSR count). The van der Waals surface area contributed by atoms with E-state index in [9.17, 15) is 4.79 Å². The highest BCUT2D eigenvalue weighted by Gasteiger charge is 2.38. The Labute approximate surface area is 148 Å². The summed E-state index contributed by atoms with van der Waals surface area (Å²) in [4.78, 5) is 11.7. The molecule has 0 aromatic heterocycles. The van der Waals surface area contributed by atoms with Crippen LogP contribution in [0, 0.1) is 0 Å². The Bertz CT molecular complexity index is 311. The first-order valence-electron chi connectivity index (χ1n) is 10.2. The second-order valence-electron chi connectivity index (χ2n) is 6.87. The van der Waals surface area contributed by atoms with Crippen LogP contribution >= 0.6 is 0 Å². The van der Waals surface area contributed by atoms with Crippen molar-refractivity contribution < 1.29 is 19.0 Å². The first kappa shape index (κ1) is 21.4. The summed E-state index contributed by atoms with van der Waals surface area (Å²) in [6, 6.07) is 0. The van der Waals surface area contributed by atoms with Crippen molar-refractivity contribution in [2.24, 2.45) is 0 Å². The number of carbonyl (C=O) groups is 1. The molecule has 0 saturated carbocycles. The second-order valence-corrected chi connectivity index (χ2v) is 6.87. The summed E-state index contributed by atoms with van der Waals surface area (Å²) >= 11 is 0. The topological polar surface area (TPSA) is 44.8 Å². The van der Waals surface area contributed by atoms with Crippen molar-refractivity contribution in [2.75, 3.05) is 19.8 Å². The lowest BCUT2D eigenvalue weighted by molar-refractivity contribution is -0.185. The van der Waals surface area contributed by atoms with E-state index in [1.54, 1.807) is 0 Å². The molecule has 0 aromatic carbocycles. The summed E-state index contributed by atoms with van der Waals surface area (Å²) in [6.07, 6.45) is 15.5. The SMILES string of the molecule is CCCCCCCCCCCCCC1(CC(=O)OCC)OCCO1. The highest BCUT2D eigenvalue weighted by atomic mass is 16.7. The minimum Gasteiger partial charge on any atom is -0.466 e. The largest absolute Gasteiger partial charge is 0.466 e. The minimum absolute atomic E-state index is 0.220. The fourth-order valence-electron chi connectivity index (χ4n) is 3.32. The van der Waals surface area contributed by atoms with E-state index in [-0.39, 0.29) is 12.4 Å². The maximum absolute atomic E-state index is 11.7. The van der Waals surface area contributed by atoms with Gasteiger partial charge in [-0.3, -0.25) is 4.79 Å². The van der Waals surface area contributed by atoms with Crippen molar-refractivity contribution >= 4 is 5.97 Å².